The molecule has 23 heavy (non-hydrogen) atoms. The standard InChI is InChI=1S/C17H26N2O3.ClH/c1-3-13(21-15-7-5-4-6-12(15)2)11-19-17(20)16-9-8-14(10-18)22-16;/h4-7,13-14,16H,3,8-11,18H2,1-2H3,(H,19,20);1H/t13?,14-,16+;/m1./s1. The largest absolute Gasteiger partial charge is 0.488 e. The van der Waals surface area contributed by atoms with Crippen molar-refractivity contribution in [2.24, 2.45) is 5.73 Å². The Kier molecular flexibility index (Phi) is 8.37. The van der Waals surface area contributed by atoms with Gasteiger partial charge in [-0.15, -0.1) is 12.4 Å². The second kappa shape index (κ2) is 9.75. The van der Waals surface area contributed by atoms with Crippen molar-refractivity contribution in [2.75, 3.05) is 13.1 Å². The van der Waals surface area contributed by atoms with Gasteiger partial charge in [0.15, 0.2) is 0 Å². The molecule has 0 aromatic heterocycles. The first-order chi connectivity index (χ1) is 10.6. The van der Waals surface area contributed by atoms with Crippen molar-refractivity contribution >= 4 is 18.3 Å². The second-order valence-electron chi connectivity index (χ2n) is 5.72. The molecule has 0 spiro atoms. The average Bonchev–Trinajstić information content (AvgIpc) is 3.02. The van der Waals surface area contributed by atoms with Crippen LogP contribution in [0.1, 0.15) is 31.7 Å². The number of hydrogen-bond donors (Lipinski definition) is 2. The van der Waals surface area contributed by atoms with E-state index in [1.165, 1.54) is 0 Å². The molecule has 0 bridgehead atoms. The highest BCUT2D eigenvalue weighted by molar-refractivity contribution is 5.85. The summed E-state index contributed by atoms with van der Waals surface area (Å²) in [5.74, 6) is 0.798. The second-order valence-corrected chi connectivity index (χ2v) is 5.72. The van der Waals surface area contributed by atoms with Gasteiger partial charge in [-0.05, 0) is 37.8 Å². The predicted octanol–water partition coefficient (Wildman–Crippen LogP) is 2.20. The number of nitrogens with one attached hydrogen (secondary N) is 1. The van der Waals surface area contributed by atoms with Crippen LogP contribution in [-0.2, 0) is 9.53 Å². The molecule has 5 nitrogen and oxygen atoms in total. The van der Waals surface area contributed by atoms with Crippen molar-refractivity contribution < 1.29 is 14.3 Å². The number of halogens is 1. The Bertz CT molecular complexity index is 498. The highest BCUT2D eigenvalue weighted by Crippen LogP contribution is 2.20. The van der Waals surface area contributed by atoms with Crippen LogP contribution < -0.4 is 15.8 Å². The molecule has 130 valence electrons. The Labute approximate surface area is 144 Å². The third kappa shape index (κ3) is 5.68. The first kappa shape index (κ1) is 19.7. The van der Waals surface area contributed by atoms with Crippen LogP contribution in [0.2, 0.25) is 0 Å². The van der Waals surface area contributed by atoms with Gasteiger partial charge >= 0.3 is 0 Å². The number of carbonyl (C=O) groups is 1. The summed E-state index contributed by atoms with van der Waals surface area (Å²) in [6.07, 6.45) is 2.02. The van der Waals surface area contributed by atoms with Crippen molar-refractivity contribution in [3.63, 3.8) is 0 Å². The number of aryl methyl sites for hydroxylation is 1. The van der Waals surface area contributed by atoms with Gasteiger partial charge < -0.3 is 20.5 Å². The molecular formula is C17H27ClN2O3. The number of rotatable bonds is 7. The fraction of sp³-hybridized carbons (Fsp3) is 0.588. The van der Waals surface area contributed by atoms with E-state index in [2.05, 4.69) is 5.32 Å². The van der Waals surface area contributed by atoms with Crippen LogP contribution in [0.5, 0.6) is 5.75 Å². The van der Waals surface area contributed by atoms with Gasteiger partial charge in [0.2, 0.25) is 5.91 Å². The fourth-order valence-corrected chi connectivity index (χ4v) is 2.54. The number of amides is 1. The minimum Gasteiger partial charge on any atom is -0.488 e. The molecule has 0 aliphatic carbocycles. The number of carbonyl (C=O) groups excluding carboxylic acids is 1. The van der Waals surface area contributed by atoms with Crippen LogP contribution in [0.4, 0.5) is 0 Å². The van der Waals surface area contributed by atoms with E-state index < -0.39 is 0 Å². The van der Waals surface area contributed by atoms with Crippen molar-refractivity contribution in [3.05, 3.63) is 29.8 Å². The average molecular weight is 343 g/mol. The van der Waals surface area contributed by atoms with E-state index in [9.17, 15) is 4.79 Å². The van der Waals surface area contributed by atoms with Crippen LogP contribution >= 0.6 is 12.4 Å². The lowest BCUT2D eigenvalue weighted by Crippen LogP contribution is -2.41. The van der Waals surface area contributed by atoms with E-state index in [1.54, 1.807) is 0 Å². The van der Waals surface area contributed by atoms with Crippen LogP contribution in [0.25, 0.3) is 0 Å². The molecule has 1 heterocycles. The summed E-state index contributed by atoms with van der Waals surface area (Å²) in [6.45, 7) is 5.01. The van der Waals surface area contributed by atoms with Gasteiger partial charge in [0.05, 0.1) is 12.6 Å². The highest BCUT2D eigenvalue weighted by atomic mass is 35.5. The molecule has 1 aromatic carbocycles. The number of hydrogen-bond acceptors (Lipinski definition) is 4. The maximum atomic E-state index is 12.1. The molecule has 1 unspecified atom stereocenters. The monoisotopic (exact) mass is 342 g/mol. The third-order valence-corrected chi connectivity index (χ3v) is 4.01. The molecule has 1 aliphatic heterocycles. The number of para-hydroxylation sites is 1. The van der Waals surface area contributed by atoms with Crippen molar-refractivity contribution in [1.82, 2.24) is 5.32 Å². The molecule has 1 amide bonds. The van der Waals surface area contributed by atoms with Gasteiger partial charge in [-0.3, -0.25) is 4.79 Å². The quantitative estimate of drug-likeness (QED) is 0.796. The van der Waals surface area contributed by atoms with Crippen LogP contribution in [0.3, 0.4) is 0 Å². The SMILES string of the molecule is CCC(CNC(=O)[C@@H]1CC[C@H](CN)O1)Oc1ccccc1C.Cl. The Balaban J connectivity index is 0.00000264. The highest BCUT2D eigenvalue weighted by Gasteiger charge is 2.30. The number of ether oxygens (including phenoxy) is 2. The normalized spacial score (nSPS) is 21.3. The molecule has 1 aromatic rings. The summed E-state index contributed by atoms with van der Waals surface area (Å²) in [5, 5.41) is 2.93. The summed E-state index contributed by atoms with van der Waals surface area (Å²) in [5.41, 5.74) is 6.66. The molecule has 1 aliphatic rings. The summed E-state index contributed by atoms with van der Waals surface area (Å²) in [7, 11) is 0. The maximum absolute atomic E-state index is 12.1. The first-order valence-electron chi connectivity index (χ1n) is 7.99. The minimum absolute atomic E-state index is 0. The fourth-order valence-electron chi connectivity index (χ4n) is 2.54. The van der Waals surface area contributed by atoms with Gasteiger partial charge in [-0.25, -0.2) is 0 Å². The molecule has 6 heteroatoms. The van der Waals surface area contributed by atoms with Crippen molar-refractivity contribution in [2.45, 2.75) is 51.4 Å². The minimum atomic E-state index is -0.371. The molecule has 3 N–H and O–H groups in total. The Hall–Kier alpha value is -1.30. The third-order valence-electron chi connectivity index (χ3n) is 4.01. The summed E-state index contributed by atoms with van der Waals surface area (Å²) >= 11 is 0. The topological polar surface area (TPSA) is 73.6 Å². The van der Waals surface area contributed by atoms with E-state index in [1.807, 2.05) is 38.1 Å². The molecule has 0 saturated carbocycles. The molecule has 0 radical (unpaired) electrons. The van der Waals surface area contributed by atoms with E-state index in [0.29, 0.717) is 13.1 Å². The summed E-state index contributed by atoms with van der Waals surface area (Å²) < 4.78 is 11.6. The van der Waals surface area contributed by atoms with E-state index in [-0.39, 0.29) is 36.6 Å². The van der Waals surface area contributed by atoms with E-state index >= 15 is 0 Å². The first-order valence-corrected chi connectivity index (χ1v) is 7.99. The maximum Gasteiger partial charge on any atom is 0.249 e. The molecule has 2 rings (SSSR count). The van der Waals surface area contributed by atoms with Gasteiger partial charge in [-0.1, -0.05) is 25.1 Å². The van der Waals surface area contributed by atoms with Crippen molar-refractivity contribution in [3.8, 4) is 5.75 Å². The molecule has 1 saturated heterocycles. The lowest BCUT2D eigenvalue weighted by Gasteiger charge is -2.20. The van der Waals surface area contributed by atoms with E-state index in [0.717, 1.165) is 30.6 Å². The molecule has 1 fully saturated rings. The zero-order valence-corrected chi connectivity index (χ0v) is 14.6. The Morgan fingerprint density at radius 1 is 1.43 bits per heavy atom. The zero-order chi connectivity index (χ0) is 15.9. The summed E-state index contributed by atoms with van der Waals surface area (Å²) in [4.78, 5) is 12.1. The van der Waals surface area contributed by atoms with E-state index in [4.69, 9.17) is 15.2 Å². The zero-order valence-electron chi connectivity index (χ0n) is 13.8. The van der Waals surface area contributed by atoms with Crippen LogP contribution in [0.15, 0.2) is 24.3 Å². The van der Waals surface area contributed by atoms with Crippen LogP contribution in [0, 0.1) is 6.92 Å². The van der Waals surface area contributed by atoms with Gasteiger partial charge in [0.1, 0.15) is 18.0 Å². The molecular weight excluding hydrogens is 316 g/mol. The Morgan fingerprint density at radius 2 is 2.17 bits per heavy atom. The smallest absolute Gasteiger partial charge is 0.249 e. The summed E-state index contributed by atoms with van der Waals surface area (Å²) in [6, 6.07) is 7.90. The van der Waals surface area contributed by atoms with Gasteiger partial charge in [0.25, 0.3) is 0 Å². The van der Waals surface area contributed by atoms with Gasteiger partial charge in [0, 0.05) is 6.54 Å². The van der Waals surface area contributed by atoms with Crippen LogP contribution in [-0.4, -0.2) is 37.3 Å². The van der Waals surface area contributed by atoms with Gasteiger partial charge in [-0.2, -0.15) is 0 Å². The Morgan fingerprint density at radius 3 is 2.78 bits per heavy atom. The lowest BCUT2D eigenvalue weighted by molar-refractivity contribution is -0.132. The lowest BCUT2D eigenvalue weighted by atomic mass is 10.2. The predicted molar refractivity (Wildman–Crippen MR) is 93.1 cm³/mol. The number of nitrogens with two attached hydrogens (primary N) is 1. The number of benzene rings is 1. The van der Waals surface area contributed by atoms with Crippen molar-refractivity contribution in [1.29, 1.82) is 0 Å². The molecule has 3 atom stereocenters.